The quantitative estimate of drug-likeness (QED) is 0.644. The number of aromatic nitrogens is 2. The molecule has 0 amide bonds. The summed E-state index contributed by atoms with van der Waals surface area (Å²) in [6.45, 7) is 2.09. The van der Waals surface area contributed by atoms with Gasteiger partial charge in [0.05, 0.1) is 5.69 Å². The number of hydrogen-bond donors (Lipinski definition) is 0. The molecular weight excluding hydrogens is 288 g/mol. The van der Waals surface area contributed by atoms with Crippen LogP contribution in [0.5, 0.6) is 0 Å². The van der Waals surface area contributed by atoms with Gasteiger partial charge in [0.25, 0.3) is 0 Å². The molecule has 1 aliphatic carbocycles. The molecule has 2 nitrogen and oxygen atoms in total. The highest BCUT2D eigenvalue weighted by atomic mass is 35.5. The van der Waals surface area contributed by atoms with Gasteiger partial charge in [-0.15, -0.1) is 11.3 Å². The Bertz CT molecular complexity index is 805. The van der Waals surface area contributed by atoms with Gasteiger partial charge in [-0.2, -0.15) is 0 Å². The summed E-state index contributed by atoms with van der Waals surface area (Å²) in [6, 6.07) is 7.72. The predicted molar refractivity (Wildman–Crippen MR) is 84.6 cm³/mol. The van der Waals surface area contributed by atoms with Gasteiger partial charge in [-0.3, -0.25) is 0 Å². The zero-order valence-electron chi connectivity index (χ0n) is 11.1. The Labute approximate surface area is 126 Å². The predicted octanol–water partition coefficient (Wildman–Crippen LogP) is 4.81. The van der Waals surface area contributed by atoms with E-state index in [9.17, 15) is 0 Å². The van der Waals surface area contributed by atoms with E-state index >= 15 is 0 Å². The lowest BCUT2D eigenvalue weighted by Gasteiger charge is -2.04. The van der Waals surface area contributed by atoms with Crippen LogP contribution in [0.15, 0.2) is 24.3 Å². The van der Waals surface area contributed by atoms with Crippen molar-refractivity contribution in [3.8, 4) is 11.4 Å². The average Bonchev–Trinajstić information content (AvgIpc) is 2.99. The second-order valence-electron chi connectivity index (χ2n) is 5.18. The number of aryl methyl sites for hydroxylation is 3. The maximum atomic E-state index is 5.94. The molecule has 3 aromatic rings. The molecule has 0 atom stereocenters. The molecule has 0 saturated carbocycles. The summed E-state index contributed by atoms with van der Waals surface area (Å²) < 4.78 is 0. The molecule has 2 aromatic heterocycles. The van der Waals surface area contributed by atoms with E-state index in [1.54, 1.807) is 0 Å². The van der Waals surface area contributed by atoms with E-state index in [0.717, 1.165) is 26.9 Å². The Kier molecular flexibility index (Phi) is 2.79. The minimum Gasteiger partial charge on any atom is -0.233 e. The monoisotopic (exact) mass is 300 g/mol. The molecule has 20 heavy (non-hydrogen) atoms. The third kappa shape index (κ3) is 1.85. The fourth-order valence-electron chi connectivity index (χ4n) is 2.91. The molecule has 0 unspecified atom stereocenters. The van der Waals surface area contributed by atoms with E-state index in [4.69, 9.17) is 21.6 Å². The topological polar surface area (TPSA) is 25.8 Å². The number of thiophene rings is 1. The average molecular weight is 301 g/mol. The van der Waals surface area contributed by atoms with Gasteiger partial charge in [0.15, 0.2) is 5.82 Å². The second kappa shape index (κ2) is 4.54. The summed E-state index contributed by atoms with van der Waals surface area (Å²) in [4.78, 5) is 12.1. The third-order valence-corrected chi connectivity index (χ3v) is 5.29. The maximum absolute atomic E-state index is 5.94. The van der Waals surface area contributed by atoms with Crippen LogP contribution in [0.1, 0.15) is 22.6 Å². The molecule has 1 aromatic carbocycles. The van der Waals surface area contributed by atoms with Gasteiger partial charge in [0.2, 0.25) is 0 Å². The van der Waals surface area contributed by atoms with Crippen LogP contribution >= 0.6 is 22.9 Å². The van der Waals surface area contributed by atoms with Crippen LogP contribution in [0.4, 0.5) is 0 Å². The maximum Gasteiger partial charge on any atom is 0.161 e. The van der Waals surface area contributed by atoms with Crippen LogP contribution in [0.2, 0.25) is 5.02 Å². The molecule has 0 spiro atoms. The van der Waals surface area contributed by atoms with Gasteiger partial charge in [0, 0.05) is 20.8 Å². The van der Waals surface area contributed by atoms with Crippen molar-refractivity contribution < 1.29 is 0 Å². The molecule has 0 radical (unpaired) electrons. The fourth-order valence-corrected chi connectivity index (χ4v) is 4.34. The summed E-state index contributed by atoms with van der Waals surface area (Å²) >= 11 is 7.77. The van der Waals surface area contributed by atoms with E-state index in [1.165, 1.54) is 35.1 Å². The van der Waals surface area contributed by atoms with Gasteiger partial charge in [-0.25, -0.2) is 9.97 Å². The van der Waals surface area contributed by atoms with Crippen LogP contribution in [0, 0.1) is 6.92 Å². The van der Waals surface area contributed by atoms with Crippen LogP contribution in [-0.2, 0) is 12.8 Å². The Morgan fingerprint density at radius 2 is 1.90 bits per heavy atom. The molecule has 0 fully saturated rings. The first-order valence-corrected chi connectivity index (χ1v) is 7.96. The van der Waals surface area contributed by atoms with E-state index in [2.05, 4.69) is 6.92 Å². The van der Waals surface area contributed by atoms with Crippen LogP contribution in [0.3, 0.4) is 0 Å². The molecule has 0 N–H and O–H groups in total. The first-order valence-electron chi connectivity index (χ1n) is 6.77. The fraction of sp³-hybridized carbons (Fsp3) is 0.250. The van der Waals surface area contributed by atoms with Crippen LogP contribution in [0.25, 0.3) is 21.6 Å². The highest BCUT2D eigenvalue weighted by Gasteiger charge is 2.21. The van der Waals surface area contributed by atoms with Gasteiger partial charge in [0.1, 0.15) is 4.83 Å². The smallest absolute Gasteiger partial charge is 0.161 e. The highest BCUT2D eigenvalue weighted by molar-refractivity contribution is 7.18. The lowest BCUT2D eigenvalue weighted by molar-refractivity contribution is 0.916. The molecule has 4 rings (SSSR count). The van der Waals surface area contributed by atoms with Crippen molar-refractivity contribution in [1.29, 1.82) is 0 Å². The summed E-state index contributed by atoms with van der Waals surface area (Å²) in [5.74, 6) is 0.798. The SMILES string of the molecule is Cc1nc(-c2ccc(Cl)cc2)nc2sc3c(c12)CCC3. The minimum atomic E-state index is 0.738. The Hall–Kier alpha value is -1.45. The molecule has 0 bridgehead atoms. The van der Waals surface area contributed by atoms with E-state index in [-0.39, 0.29) is 0 Å². The van der Waals surface area contributed by atoms with Crippen molar-refractivity contribution in [1.82, 2.24) is 9.97 Å². The number of fused-ring (bicyclic) bond motifs is 3. The van der Waals surface area contributed by atoms with Gasteiger partial charge in [-0.05, 0) is 56.0 Å². The van der Waals surface area contributed by atoms with Crippen molar-refractivity contribution in [2.24, 2.45) is 0 Å². The second-order valence-corrected chi connectivity index (χ2v) is 6.70. The summed E-state index contributed by atoms with van der Waals surface area (Å²) in [5.41, 5.74) is 3.61. The minimum absolute atomic E-state index is 0.738. The van der Waals surface area contributed by atoms with Gasteiger partial charge in [-0.1, -0.05) is 11.6 Å². The van der Waals surface area contributed by atoms with Gasteiger partial charge >= 0.3 is 0 Å². The molecule has 100 valence electrons. The molecule has 1 aliphatic rings. The van der Waals surface area contributed by atoms with Crippen molar-refractivity contribution in [3.05, 3.63) is 45.4 Å². The zero-order chi connectivity index (χ0) is 13.7. The molecule has 0 saturated heterocycles. The van der Waals surface area contributed by atoms with E-state index in [0.29, 0.717) is 0 Å². The van der Waals surface area contributed by atoms with Crippen molar-refractivity contribution in [2.45, 2.75) is 26.2 Å². The number of halogens is 1. The number of hydrogen-bond acceptors (Lipinski definition) is 3. The summed E-state index contributed by atoms with van der Waals surface area (Å²) in [7, 11) is 0. The van der Waals surface area contributed by atoms with E-state index < -0.39 is 0 Å². The summed E-state index contributed by atoms with van der Waals surface area (Å²) in [5, 5.41) is 2.03. The summed E-state index contributed by atoms with van der Waals surface area (Å²) in [6.07, 6.45) is 3.65. The lowest BCUT2D eigenvalue weighted by Crippen LogP contribution is -1.93. The zero-order valence-corrected chi connectivity index (χ0v) is 12.7. The van der Waals surface area contributed by atoms with Gasteiger partial charge < -0.3 is 0 Å². The van der Waals surface area contributed by atoms with Crippen molar-refractivity contribution >= 4 is 33.2 Å². The number of rotatable bonds is 1. The van der Waals surface area contributed by atoms with E-state index in [1.807, 2.05) is 35.6 Å². The Balaban J connectivity index is 1.92. The number of nitrogens with zero attached hydrogens (tertiary/aromatic N) is 2. The highest BCUT2D eigenvalue weighted by Crippen LogP contribution is 2.38. The molecule has 0 aliphatic heterocycles. The Morgan fingerprint density at radius 3 is 2.70 bits per heavy atom. The standard InChI is InChI=1S/C16H13ClN2S/c1-9-14-12-3-2-4-13(12)20-16(14)19-15(18-9)10-5-7-11(17)8-6-10/h5-8H,2-4H2,1H3. The first kappa shape index (κ1) is 12.3. The first-order chi connectivity index (χ1) is 9.72. The van der Waals surface area contributed by atoms with Crippen LogP contribution < -0.4 is 0 Å². The van der Waals surface area contributed by atoms with Crippen LogP contribution in [-0.4, -0.2) is 9.97 Å². The number of benzene rings is 1. The third-order valence-electron chi connectivity index (χ3n) is 3.85. The largest absolute Gasteiger partial charge is 0.233 e. The van der Waals surface area contributed by atoms with Crippen molar-refractivity contribution in [2.75, 3.05) is 0 Å². The van der Waals surface area contributed by atoms with Crippen molar-refractivity contribution in [3.63, 3.8) is 0 Å². The molecular formula is C16H13ClN2S. The molecule has 4 heteroatoms. The lowest BCUT2D eigenvalue weighted by atomic mass is 10.1. The Morgan fingerprint density at radius 1 is 1.10 bits per heavy atom. The molecule has 2 heterocycles. The normalized spacial score (nSPS) is 13.9.